The highest BCUT2D eigenvalue weighted by Crippen LogP contribution is 2.49. The van der Waals surface area contributed by atoms with Gasteiger partial charge in [0, 0.05) is 26.8 Å². The number of thiophene rings is 1. The lowest BCUT2D eigenvalue weighted by molar-refractivity contribution is 1.30. The maximum atomic E-state index is 2.46. The lowest BCUT2D eigenvalue weighted by Crippen LogP contribution is -2.10. The van der Waals surface area contributed by atoms with Crippen molar-refractivity contribution in [1.82, 2.24) is 0 Å². The van der Waals surface area contributed by atoms with Gasteiger partial charge in [0.1, 0.15) is 0 Å². The molecule has 0 aliphatic heterocycles. The first kappa shape index (κ1) is 32.0. The summed E-state index contributed by atoms with van der Waals surface area (Å²) in [6.07, 6.45) is 0. The van der Waals surface area contributed by atoms with E-state index in [4.69, 9.17) is 0 Å². The Morgan fingerprint density at radius 3 is 1.61 bits per heavy atom. The third kappa shape index (κ3) is 5.84. The van der Waals surface area contributed by atoms with Crippen LogP contribution in [0, 0.1) is 0 Å². The maximum Gasteiger partial charge on any atom is 0.0646 e. The van der Waals surface area contributed by atoms with Crippen LogP contribution < -0.4 is 4.90 Å². The molecule has 1 heterocycles. The van der Waals surface area contributed by atoms with Gasteiger partial charge < -0.3 is 4.90 Å². The van der Waals surface area contributed by atoms with E-state index in [1.54, 1.807) is 0 Å². The molecular formula is C52H35NS. The van der Waals surface area contributed by atoms with Crippen LogP contribution in [-0.4, -0.2) is 0 Å². The van der Waals surface area contributed by atoms with Gasteiger partial charge in [-0.05, 0) is 97.7 Å². The number of anilines is 3. The molecule has 54 heavy (non-hydrogen) atoms. The molecule has 0 saturated heterocycles. The summed E-state index contributed by atoms with van der Waals surface area (Å²) in [5.41, 5.74) is 13.1. The average Bonchev–Trinajstić information content (AvgIpc) is 3.64. The molecule has 0 N–H and O–H groups in total. The van der Waals surface area contributed by atoms with Gasteiger partial charge in [0.2, 0.25) is 0 Å². The number of benzene rings is 9. The molecule has 254 valence electrons. The molecule has 0 spiro atoms. The summed E-state index contributed by atoms with van der Waals surface area (Å²) in [5.74, 6) is 0. The second-order valence-electron chi connectivity index (χ2n) is 13.7. The smallest absolute Gasteiger partial charge is 0.0646 e. The molecule has 0 unspecified atom stereocenters. The Kier molecular flexibility index (Phi) is 8.09. The van der Waals surface area contributed by atoms with Gasteiger partial charge in [-0.1, -0.05) is 170 Å². The molecule has 1 aromatic heterocycles. The van der Waals surface area contributed by atoms with Crippen molar-refractivity contribution in [3.8, 4) is 44.5 Å². The zero-order valence-corrected chi connectivity index (χ0v) is 30.4. The van der Waals surface area contributed by atoms with Crippen LogP contribution in [-0.2, 0) is 0 Å². The third-order valence-electron chi connectivity index (χ3n) is 10.4. The molecule has 10 rings (SSSR count). The molecule has 9 aromatic carbocycles. The lowest BCUT2D eigenvalue weighted by Gasteiger charge is -2.27. The Morgan fingerprint density at radius 2 is 0.870 bits per heavy atom. The van der Waals surface area contributed by atoms with Crippen molar-refractivity contribution in [2.45, 2.75) is 0 Å². The summed E-state index contributed by atoms with van der Waals surface area (Å²) in [7, 11) is 0. The predicted octanol–water partition coefficient (Wildman–Crippen LogP) is 15.3. The number of fused-ring (bicyclic) bond motifs is 4. The molecular weight excluding hydrogens is 671 g/mol. The van der Waals surface area contributed by atoms with Crippen LogP contribution in [0.3, 0.4) is 0 Å². The standard InChI is InChI=1S/C52H35NS/c1-4-14-36(15-5-1)42-22-12-23-46(33-42)53(45-30-28-39(29-31-45)43-27-26-38-18-10-11-21-41(38)32-43)50-35-44(37-16-6-2-7-17-37)34-49-48-25-13-24-47(51(48)54-52(49)50)40-19-8-3-9-20-40/h1-35H. The second-order valence-corrected chi connectivity index (χ2v) is 14.8. The van der Waals surface area contributed by atoms with Crippen molar-refractivity contribution in [2.24, 2.45) is 0 Å². The fourth-order valence-corrected chi connectivity index (χ4v) is 9.07. The molecule has 0 amide bonds. The van der Waals surface area contributed by atoms with E-state index in [0.29, 0.717) is 0 Å². The van der Waals surface area contributed by atoms with Crippen LogP contribution in [0.1, 0.15) is 0 Å². The minimum atomic E-state index is 1.11. The molecule has 10 aromatic rings. The van der Waals surface area contributed by atoms with Crippen molar-refractivity contribution < 1.29 is 0 Å². The molecule has 0 bridgehead atoms. The Labute approximate surface area is 319 Å². The van der Waals surface area contributed by atoms with Gasteiger partial charge >= 0.3 is 0 Å². The summed E-state index contributed by atoms with van der Waals surface area (Å²) >= 11 is 1.89. The van der Waals surface area contributed by atoms with E-state index >= 15 is 0 Å². The highest BCUT2D eigenvalue weighted by molar-refractivity contribution is 7.27. The minimum Gasteiger partial charge on any atom is -0.309 e. The van der Waals surface area contributed by atoms with Gasteiger partial charge in [-0.25, -0.2) is 0 Å². The number of nitrogens with zero attached hydrogens (tertiary/aromatic N) is 1. The minimum absolute atomic E-state index is 1.11. The number of rotatable bonds is 7. The van der Waals surface area contributed by atoms with Gasteiger partial charge in [-0.3, -0.25) is 0 Å². The zero-order chi connectivity index (χ0) is 35.8. The van der Waals surface area contributed by atoms with E-state index in [0.717, 1.165) is 17.1 Å². The normalized spacial score (nSPS) is 11.3. The van der Waals surface area contributed by atoms with Gasteiger partial charge in [-0.15, -0.1) is 11.3 Å². The molecule has 2 heteroatoms. The van der Waals surface area contributed by atoms with Crippen molar-refractivity contribution in [1.29, 1.82) is 0 Å². The quantitative estimate of drug-likeness (QED) is 0.160. The molecule has 0 aliphatic carbocycles. The largest absolute Gasteiger partial charge is 0.309 e. The number of hydrogen-bond donors (Lipinski definition) is 0. The highest BCUT2D eigenvalue weighted by Gasteiger charge is 2.22. The van der Waals surface area contributed by atoms with Crippen molar-refractivity contribution in [2.75, 3.05) is 4.90 Å². The Morgan fingerprint density at radius 1 is 0.296 bits per heavy atom. The van der Waals surface area contributed by atoms with Gasteiger partial charge in [0.15, 0.2) is 0 Å². The molecule has 0 aliphatic rings. The monoisotopic (exact) mass is 705 g/mol. The predicted molar refractivity (Wildman–Crippen MR) is 233 cm³/mol. The summed E-state index contributed by atoms with van der Waals surface area (Å²) in [4.78, 5) is 2.46. The zero-order valence-electron chi connectivity index (χ0n) is 29.6. The summed E-state index contributed by atoms with van der Waals surface area (Å²) in [5, 5.41) is 5.04. The van der Waals surface area contributed by atoms with Crippen LogP contribution in [0.25, 0.3) is 75.5 Å². The summed E-state index contributed by atoms with van der Waals surface area (Å²) < 4.78 is 2.56. The van der Waals surface area contributed by atoms with E-state index in [2.05, 4.69) is 217 Å². The van der Waals surface area contributed by atoms with E-state index in [-0.39, 0.29) is 0 Å². The first-order valence-corrected chi connectivity index (χ1v) is 19.2. The van der Waals surface area contributed by atoms with Crippen LogP contribution in [0.15, 0.2) is 212 Å². The Hall–Kier alpha value is -6.74. The molecule has 0 fully saturated rings. The molecule has 0 atom stereocenters. The molecule has 0 radical (unpaired) electrons. The van der Waals surface area contributed by atoms with Crippen LogP contribution in [0.4, 0.5) is 17.1 Å². The summed E-state index contributed by atoms with van der Waals surface area (Å²) in [6, 6.07) is 77.1. The van der Waals surface area contributed by atoms with Crippen molar-refractivity contribution >= 4 is 59.3 Å². The van der Waals surface area contributed by atoms with E-state index in [1.807, 2.05) is 11.3 Å². The van der Waals surface area contributed by atoms with E-state index in [9.17, 15) is 0 Å². The average molecular weight is 706 g/mol. The highest BCUT2D eigenvalue weighted by atomic mass is 32.1. The fourth-order valence-electron chi connectivity index (χ4n) is 7.74. The molecule has 1 nitrogen and oxygen atoms in total. The van der Waals surface area contributed by atoms with E-state index in [1.165, 1.54) is 75.5 Å². The van der Waals surface area contributed by atoms with Crippen molar-refractivity contribution in [3.05, 3.63) is 212 Å². The van der Waals surface area contributed by atoms with Crippen LogP contribution >= 0.6 is 11.3 Å². The Balaban J connectivity index is 1.22. The van der Waals surface area contributed by atoms with Crippen LogP contribution in [0.2, 0.25) is 0 Å². The molecule has 0 saturated carbocycles. The van der Waals surface area contributed by atoms with Gasteiger partial charge in [0.05, 0.1) is 10.4 Å². The topological polar surface area (TPSA) is 3.24 Å². The lowest BCUT2D eigenvalue weighted by atomic mass is 9.98. The Bertz CT molecular complexity index is 2910. The first-order chi connectivity index (χ1) is 26.8. The van der Waals surface area contributed by atoms with Gasteiger partial charge in [-0.2, -0.15) is 0 Å². The van der Waals surface area contributed by atoms with Crippen LogP contribution in [0.5, 0.6) is 0 Å². The maximum absolute atomic E-state index is 2.46. The summed E-state index contributed by atoms with van der Waals surface area (Å²) in [6.45, 7) is 0. The third-order valence-corrected chi connectivity index (χ3v) is 11.7. The van der Waals surface area contributed by atoms with Gasteiger partial charge in [0.25, 0.3) is 0 Å². The first-order valence-electron chi connectivity index (χ1n) is 18.4. The number of hydrogen-bond acceptors (Lipinski definition) is 2. The second kappa shape index (κ2) is 13.7. The SMILES string of the molecule is c1ccc(-c2cccc(N(c3ccc(-c4ccc5ccccc5c4)cc3)c3cc(-c4ccccc4)cc4c3sc3c(-c5ccccc5)cccc34)c2)cc1. The van der Waals surface area contributed by atoms with Crippen molar-refractivity contribution in [3.63, 3.8) is 0 Å². The fraction of sp³-hybridized carbons (Fsp3) is 0. The van der Waals surface area contributed by atoms with E-state index < -0.39 is 0 Å².